The van der Waals surface area contributed by atoms with Gasteiger partial charge in [-0.25, -0.2) is 4.68 Å². The lowest BCUT2D eigenvalue weighted by Crippen LogP contribution is -2.17. The van der Waals surface area contributed by atoms with Crippen molar-refractivity contribution in [1.82, 2.24) is 20.3 Å². The summed E-state index contributed by atoms with van der Waals surface area (Å²) >= 11 is 0. The van der Waals surface area contributed by atoms with Crippen molar-refractivity contribution in [2.45, 2.75) is 13.5 Å². The summed E-state index contributed by atoms with van der Waals surface area (Å²) < 4.78 is 17.9. The Morgan fingerprint density at radius 1 is 1.11 bits per heavy atom. The van der Waals surface area contributed by atoms with E-state index in [0.29, 0.717) is 46.2 Å². The van der Waals surface area contributed by atoms with E-state index in [0.717, 1.165) is 12.2 Å². The SMILES string of the molecule is CNCCOCCOCCOCCn1cc(C)nn1.[HH]. The van der Waals surface area contributed by atoms with Crippen molar-refractivity contribution in [1.29, 1.82) is 0 Å². The van der Waals surface area contributed by atoms with E-state index < -0.39 is 0 Å². The van der Waals surface area contributed by atoms with Crippen LogP contribution in [0.1, 0.15) is 7.12 Å². The van der Waals surface area contributed by atoms with Gasteiger partial charge in [0.25, 0.3) is 0 Å². The van der Waals surface area contributed by atoms with Crippen LogP contribution < -0.4 is 5.32 Å². The van der Waals surface area contributed by atoms with E-state index in [1.165, 1.54) is 0 Å². The number of nitrogens with one attached hydrogen (secondary N) is 1. The molecule has 1 N–H and O–H groups in total. The van der Waals surface area contributed by atoms with Crippen LogP contribution in [0.2, 0.25) is 0 Å². The first-order chi connectivity index (χ1) is 9.33. The Bertz CT molecular complexity index is 325. The smallest absolute Gasteiger partial charge is 0.0796 e. The third-order valence-electron chi connectivity index (χ3n) is 2.36. The fraction of sp³-hybridized carbons (Fsp3) is 0.833. The van der Waals surface area contributed by atoms with Crippen LogP contribution in [0.25, 0.3) is 0 Å². The van der Waals surface area contributed by atoms with Crippen molar-refractivity contribution < 1.29 is 15.6 Å². The molecule has 0 atom stereocenters. The predicted octanol–water partition coefficient (Wildman–Crippen LogP) is 0.102. The minimum atomic E-state index is 0. The molecule has 0 saturated carbocycles. The van der Waals surface area contributed by atoms with Crippen LogP contribution in [0.5, 0.6) is 0 Å². The summed E-state index contributed by atoms with van der Waals surface area (Å²) in [6, 6.07) is 0. The van der Waals surface area contributed by atoms with E-state index in [4.69, 9.17) is 14.2 Å². The van der Waals surface area contributed by atoms with Crippen LogP contribution in [-0.4, -0.2) is 68.2 Å². The molecule has 0 aliphatic rings. The zero-order valence-electron chi connectivity index (χ0n) is 11.8. The first-order valence-corrected chi connectivity index (χ1v) is 6.57. The molecule has 0 aliphatic heterocycles. The van der Waals surface area contributed by atoms with Crippen LogP contribution in [0.3, 0.4) is 0 Å². The topological polar surface area (TPSA) is 70.4 Å². The van der Waals surface area contributed by atoms with Crippen molar-refractivity contribution in [2.24, 2.45) is 0 Å². The lowest BCUT2D eigenvalue weighted by molar-refractivity contribution is 0.0134. The van der Waals surface area contributed by atoms with Crippen LogP contribution in [-0.2, 0) is 20.8 Å². The molecule has 0 aromatic carbocycles. The van der Waals surface area contributed by atoms with Crippen LogP contribution in [0.4, 0.5) is 0 Å². The van der Waals surface area contributed by atoms with Crippen LogP contribution >= 0.6 is 0 Å². The Morgan fingerprint density at radius 2 is 1.74 bits per heavy atom. The van der Waals surface area contributed by atoms with E-state index in [1.54, 1.807) is 4.68 Å². The summed E-state index contributed by atoms with van der Waals surface area (Å²) in [5, 5.41) is 10.8. The summed E-state index contributed by atoms with van der Waals surface area (Å²) in [6.07, 6.45) is 1.89. The third-order valence-corrected chi connectivity index (χ3v) is 2.36. The van der Waals surface area contributed by atoms with Crippen LogP contribution in [0, 0.1) is 6.92 Å². The molecule has 7 heteroatoms. The van der Waals surface area contributed by atoms with Gasteiger partial charge in [-0.15, -0.1) is 5.10 Å². The summed E-state index contributed by atoms with van der Waals surface area (Å²) in [5.74, 6) is 0. The molecule has 0 bridgehead atoms. The zero-order valence-corrected chi connectivity index (χ0v) is 11.8. The lowest BCUT2D eigenvalue weighted by atomic mass is 10.5. The second kappa shape index (κ2) is 10.9. The number of rotatable bonds is 12. The number of likely N-dealkylation sites (N-methyl/N-ethyl adjacent to an activating group) is 1. The highest BCUT2D eigenvalue weighted by atomic mass is 16.5. The van der Waals surface area contributed by atoms with Gasteiger partial charge in [0.1, 0.15) is 0 Å². The average molecular weight is 274 g/mol. The van der Waals surface area contributed by atoms with E-state index in [2.05, 4.69) is 15.6 Å². The first kappa shape index (κ1) is 16.0. The molecule has 0 fully saturated rings. The average Bonchev–Trinajstić information content (AvgIpc) is 2.82. The molecule has 7 nitrogen and oxygen atoms in total. The molecule has 1 rings (SSSR count). The minimum Gasteiger partial charge on any atom is -0.378 e. The fourth-order valence-corrected chi connectivity index (χ4v) is 1.38. The van der Waals surface area contributed by atoms with Crippen molar-refractivity contribution in [3.63, 3.8) is 0 Å². The van der Waals surface area contributed by atoms with Gasteiger partial charge in [-0.05, 0) is 14.0 Å². The number of aromatic nitrogens is 3. The predicted molar refractivity (Wildman–Crippen MR) is 73.3 cm³/mol. The molecule has 1 aromatic rings. The molecule has 0 aliphatic carbocycles. The molecule has 1 aromatic heterocycles. The maximum Gasteiger partial charge on any atom is 0.0796 e. The maximum absolute atomic E-state index is 5.43. The van der Waals surface area contributed by atoms with Gasteiger partial charge >= 0.3 is 0 Å². The Kier molecular flexibility index (Phi) is 9.17. The highest BCUT2D eigenvalue weighted by molar-refractivity contribution is 4.86. The second-order valence-corrected chi connectivity index (χ2v) is 4.06. The van der Waals surface area contributed by atoms with Crippen molar-refractivity contribution in [3.05, 3.63) is 11.9 Å². The van der Waals surface area contributed by atoms with Crippen molar-refractivity contribution in [2.75, 3.05) is 53.2 Å². The largest absolute Gasteiger partial charge is 0.378 e. The van der Waals surface area contributed by atoms with Gasteiger partial charge in [0.2, 0.25) is 0 Å². The van der Waals surface area contributed by atoms with Gasteiger partial charge in [0, 0.05) is 14.2 Å². The van der Waals surface area contributed by atoms with E-state index in [-0.39, 0.29) is 1.43 Å². The highest BCUT2D eigenvalue weighted by Crippen LogP contribution is 1.89. The van der Waals surface area contributed by atoms with Crippen LogP contribution in [0.15, 0.2) is 6.20 Å². The van der Waals surface area contributed by atoms with Gasteiger partial charge < -0.3 is 19.5 Å². The maximum atomic E-state index is 5.43. The zero-order chi connectivity index (χ0) is 13.8. The summed E-state index contributed by atoms with van der Waals surface area (Å²) in [4.78, 5) is 0. The molecule has 112 valence electrons. The number of aryl methyl sites for hydroxylation is 1. The molecule has 1 heterocycles. The summed E-state index contributed by atoms with van der Waals surface area (Å²) in [7, 11) is 1.90. The van der Waals surface area contributed by atoms with Gasteiger partial charge in [0.15, 0.2) is 0 Å². The Balaban J connectivity index is 0.00000361. The fourth-order valence-electron chi connectivity index (χ4n) is 1.38. The highest BCUT2D eigenvalue weighted by Gasteiger charge is 1.95. The molecule has 19 heavy (non-hydrogen) atoms. The number of nitrogens with zero attached hydrogens (tertiary/aromatic N) is 3. The van der Waals surface area contributed by atoms with E-state index >= 15 is 0 Å². The standard InChI is InChI=1S/C12H24N4O3.H2/c1-12-11-16(15-14-12)4-6-18-8-10-19-9-7-17-5-3-13-2;/h11,13H,3-10H2,1-2H3;1H. The van der Waals surface area contributed by atoms with Crippen molar-refractivity contribution >= 4 is 0 Å². The van der Waals surface area contributed by atoms with E-state index in [1.807, 2.05) is 20.2 Å². The van der Waals surface area contributed by atoms with Crippen molar-refractivity contribution in [3.8, 4) is 0 Å². The molecule has 0 radical (unpaired) electrons. The molecule has 0 unspecified atom stereocenters. The lowest BCUT2D eigenvalue weighted by Gasteiger charge is -2.06. The Labute approximate surface area is 115 Å². The first-order valence-electron chi connectivity index (χ1n) is 6.57. The molecule has 0 saturated heterocycles. The summed E-state index contributed by atoms with van der Waals surface area (Å²) in [5.41, 5.74) is 0.918. The van der Waals surface area contributed by atoms with Gasteiger partial charge in [-0.2, -0.15) is 0 Å². The Morgan fingerprint density at radius 3 is 2.32 bits per heavy atom. The minimum absolute atomic E-state index is 0. The van der Waals surface area contributed by atoms with E-state index in [9.17, 15) is 0 Å². The third kappa shape index (κ3) is 8.66. The molecule has 0 amide bonds. The normalized spacial score (nSPS) is 11.1. The second-order valence-electron chi connectivity index (χ2n) is 4.06. The van der Waals surface area contributed by atoms with Gasteiger partial charge in [-0.1, -0.05) is 5.21 Å². The number of hydrogen-bond donors (Lipinski definition) is 1. The quantitative estimate of drug-likeness (QED) is 0.545. The Hall–Kier alpha value is -1.02. The molecular formula is C12H26N4O3. The molecule has 0 spiro atoms. The number of ether oxygens (including phenoxy) is 3. The van der Waals surface area contributed by atoms with Gasteiger partial charge in [0.05, 0.1) is 51.9 Å². The molecular weight excluding hydrogens is 248 g/mol. The monoisotopic (exact) mass is 274 g/mol. The van der Waals surface area contributed by atoms with Gasteiger partial charge in [-0.3, -0.25) is 0 Å². The summed E-state index contributed by atoms with van der Waals surface area (Å²) in [6.45, 7) is 7.24. The number of hydrogen-bond acceptors (Lipinski definition) is 6.